The normalized spacial score (nSPS) is 29.8. The molecule has 2 atom stereocenters. The van der Waals surface area contributed by atoms with E-state index in [2.05, 4.69) is 39.5 Å². The van der Waals surface area contributed by atoms with Gasteiger partial charge in [0.2, 0.25) is 0 Å². The number of nitrogens with zero attached hydrogens (tertiary/aromatic N) is 1. The van der Waals surface area contributed by atoms with Gasteiger partial charge in [-0.25, -0.2) is 0 Å². The molecule has 0 aromatic carbocycles. The minimum Gasteiger partial charge on any atom is -0.379 e. The Hall–Kier alpha value is -0.120. The van der Waals surface area contributed by atoms with E-state index >= 15 is 0 Å². The molecule has 0 radical (unpaired) electrons. The molecule has 0 saturated carbocycles. The number of rotatable bonds is 6. The van der Waals surface area contributed by atoms with Crippen molar-refractivity contribution >= 4 is 0 Å². The van der Waals surface area contributed by atoms with Crippen LogP contribution in [0.15, 0.2) is 0 Å². The fourth-order valence-corrected chi connectivity index (χ4v) is 2.64. The summed E-state index contributed by atoms with van der Waals surface area (Å²) in [5.41, 5.74) is 6.30. The summed E-state index contributed by atoms with van der Waals surface area (Å²) in [7, 11) is 0. The summed E-state index contributed by atoms with van der Waals surface area (Å²) in [5, 5.41) is 0. The van der Waals surface area contributed by atoms with Crippen molar-refractivity contribution < 1.29 is 4.74 Å². The number of nitrogens with two attached hydrogens (primary N) is 1. The van der Waals surface area contributed by atoms with Gasteiger partial charge in [0, 0.05) is 31.1 Å². The minimum absolute atomic E-state index is 0.129. The molecule has 1 aliphatic heterocycles. The fourth-order valence-electron chi connectivity index (χ4n) is 2.64. The van der Waals surface area contributed by atoms with E-state index in [0.29, 0.717) is 18.4 Å². The highest BCUT2D eigenvalue weighted by Gasteiger charge is 2.39. The Morgan fingerprint density at radius 2 is 1.76 bits per heavy atom. The van der Waals surface area contributed by atoms with Crippen molar-refractivity contribution in [3.05, 3.63) is 0 Å². The average molecular weight is 242 g/mol. The van der Waals surface area contributed by atoms with Crippen LogP contribution in [0.1, 0.15) is 34.6 Å². The fraction of sp³-hybridized carbons (Fsp3) is 1.00. The quantitative estimate of drug-likeness (QED) is 0.774. The van der Waals surface area contributed by atoms with Gasteiger partial charge in [-0.15, -0.1) is 0 Å². The van der Waals surface area contributed by atoms with E-state index in [9.17, 15) is 0 Å². The third kappa shape index (κ3) is 4.57. The molecule has 2 unspecified atom stereocenters. The molecule has 3 nitrogen and oxygen atoms in total. The number of hydrogen-bond donors (Lipinski definition) is 1. The predicted octanol–water partition coefficient (Wildman–Crippen LogP) is 1.96. The average Bonchev–Trinajstić information content (AvgIpc) is 2.44. The van der Waals surface area contributed by atoms with Gasteiger partial charge in [-0.3, -0.25) is 0 Å². The molecule has 2 N–H and O–H groups in total. The maximum atomic E-state index is 6.17. The summed E-state index contributed by atoms with van der Waals surface area (Å²) in [5.74, 6) is 1.41. The molecule has 1 fully saturated rings. The molecular formula is C14H30N2O. The van der Waals surface area contributed by atoms with Crippen LogP contribution < -0.4 is 5.73 Å². The largest absolute Gasteiger partial charge is 0.379 e. The molecule has 0 aromatic rings. The van der Waals surface area contributed by atoms with Gasteiger partial charge in [0.1, 0.15) is 0 Å². The van der Waals surface area contributed by atoms with Crippen molar-refractivity contribution in [2.75, 3.05) is 32.8 Å². The molecule has 0 amide bonds. The maximum absolute atomic E-state index is 6.17. The monoisotopic (exact) mass is 242 g/mol. The van der Waals surface area contributed by atoms with E-state index < -0.39 is 0 Å². The highest BCUT2D eigenvalue weighted by Crippen LogP contribution is 2.28. The summed E-state index contributed by atoms with van der Waals surface area (Å²) < 4.78 is 5.53. The maximum Gasteiger partial charge on any atom is 0.0624 e. The van der Waals surface area contributed by atoms with E-state index in [1.165, 1.54) is 0 Å². The van der Waals surface area contributed by atoms with E-state index in [1.54, 1.807) is 0 Å². The van der Waals surface area contributed by atoms with Crippen LogP contribution in [0.2, 0.25) is 0 Å². The highest BCUT2D eigenvalue weighted by molar-refractivity contribution is 4.92. The van der Waals surface area contributed by atoms with E-state index in [1.807, 2.05) is 0 Å². The smallest absolute Gasteiger partial charge is 0.0624 e. The summed E-state index contributed by atoms with van der Waals surface area (Å²) in [6.07, 6.45) is 0. The molecule has 0 bridgehead atoms. The molecule has 17 heavy (non-hydrogen) atoms. The second kappa shape index (κ2) is 6.17. The zero-order valence-electron chi connectivity index (χ0n) is 12.2. The first-order chi connectivity index (χ1) is 7.83. The second-order valence-electron chi connectivity index (χ2n) is 6.76. The lowest BCUT2D eigenvalue weighted by Gasteiger charge is -2.35. The lowest BCUT2D eigenvalue weighted by molar-refractivity contribution is 0.105. The van der Waals surface area contributed by atoms with E-state index in [0.717, 1.165) is 26.2 Å². The first-order valence-corrected chi connectivity index (χ1v) is 6.89. The molecule has 102 valence electrons. The molecule has 0 aliphatic carbocycles. The Morgan fingerprint density at radius 3 is 2.12 bits per heavy atom. The predicted molar refractivity (Wildman–Crippen MR) is 73.0 cm³/mol. The zero-order valence-corrected chi connectivity index (χ0v) is 12.2. The molecule has 1 saturated heterocycles. The van der Waals surface area contributed by atoms with Crippen molar-refractivity contribution in [1.29, 1.82) is 0 Å². The summed E-state index contributed by atoms with van der Waals surface area (Å²) >= 11 is 0. The Balaban J connectivity index is 2.58. The molecule has 1 heterocycles. The summed E-state index contributed by atoms with van der Waals surface area (Å²) in [6.45, 7) is 16.3. The van der Waals surface area contributed by atoms with Crippen molar-refractivity contribution in [2.45, 2.75) is 40.7 Å². The van der Waals surface area contributed by atoms with Gasteiger partial charge in [-0.05, 0) is 11.8 Å². The van der Waals surface area contributed by atoms with Crippen LogP contribution in [0.3, 0.4) is 0 Å². The van der Waals surface area contributed by atoms with E-state index in [-0.39, 0.29) is 11.5 Å². The van der Waals surface area contributed by atoms with Gasteiger partial charge in [0.05, 0.1) is 13.2 Å². The summed E-state index contributed by atoms with van der Waals surface area (Å²) in [6, 6.07) is 0.185. The van der Waals surface area contributed by atoms with Crippen LogP contribution in [0, 0.1) is 17.3 Å². The molecule has 1 rings (SSSR count). The third-order valence-electron chi connectivity index (χ3n) is 3.46. The van der Waals surface area contributed by atoms with Gasteiger partial charge in [0.25, 0.3) is 0 Å². The van der Waals surface area contributed by atoms with Crippen molar-refractivity contribution in [3.8, 4) is 0 Å². The Bertz CT molecular complexity index is 220. The minimum atomic E-state index is 0.129. The molecule has 1 aliphatic rings. The SMILES string of the molecule is CC(C)CN(CC(C)C)CC1(C)COCC1N. The Labute approximate surface area is 107 Å². The highest BCUT2D eigenvalue weighted by atomic mass is 16.5. The van der Waals surface area contributed by atoms with Gasteiger partial charge in [0.15, 0.2) is 0 Å². The molecule has 0 spiro atoms. The first-order valence-electron chi connectivity index (χ1n) is 6.89. The third-order valence-corrected chi connectivity index (χ3v) is 3.46. The molecular weight excluding hydrogens is 212 g/mol. The van der Waals surface area contributed by atoms with Crippen molar-refractivity contribution in [1.82, 2.24) is 4.90 Å². The van der Waals surface area contributed by atoms with Gasteiger partial charge in [-0.2, -0.15) is 0 Å². The van der Waals surface area contributed by atoms with Crippen LogP contribution in [0.4, 0.5) is 0 Å². The molecule has 3 heteroatoms. The van der Waals surface area contributed by atoms with E-state index in [4.69, 9.17) is 10.5 Å². The van der Waals surface area contributed by atoms with Gasteiger partial charge in [-0.1, -0.05) is 34.6 Å². The van der Waals surface area contributed by atoms with Crippen molar-refractivity contribution in [3.63, 3.8) is 0 Å². The van der Waals surface area contributed by atoms with Crippen LogP contribution in [0.5, 0.6) is 0 Å². The lowest BCUT2D eigenvalue weighted by Crippen LogP contribution is -2.48. The van der Waals surface area contributed by atoms with Crippen LogP contribution >= 0.6 is 0 Å². The molecule has 0 aromatic heterocycles. The van der Waals surface area contributed by atoms with Gasteiger partial charge >= 0.3 is 0 Å². The zero-order chi connectivity index (χ0) is 13.1. The first kappa shape index (κ1) is 14.9. The topological polar surface area (TPSA) is 38.5 Å². The van der Waals surface area contributed by atoms with Crippen LogP contribution in [-0.4, -0.2) is 43.8 Å². The standard InChI is InChI=1S/C14H30N2O/c1-11(2)6-16(7-12(3)4)9-14(5)10-17-8-13(14)15/h11-13H,6-10,15H2,1-5H3. The second-order valence-corrected chi connectivity index (χ2v) is 6.76. The summed E-state index contributed by atoms with van der Waals surface area (Å²) in [4.78, 5) is 2.56. The van der Waals surface area contributed by atoms with Crippen molar-refractivity contribution in [2.24, 2.45) is 23.0 Å². The Kier molecular flexibility index (Phi) is 5.42. The lowest BCUT2D eigenvalue weighted by atomic mass is 9.85. The van der Waals surface area contributed by atoms with Crippen LogP contribution in [0.25, 0.3) is 0 Å². The van der Waals surface area contributed by atoms with Crippen LogP contribution in [-0.2, 0) is 4.74 Å². The van der Waals surface area contributed by atoms with Gasteiger partial charge < -0.3 is 15.4 Å². The Morgan fingerprint density at radius 1 is 1.24 bits per heavy atom. The number of hydrogen-bond acceptors (Lipinski definition) is 3. The number of ether oxygens (including phenoxy) is 1.